The summed E-state index contributed by atoms with van der Waals surface area (Å²) < 4.78 is 13.4. The summed E-state index contributed by atoms with van der Waals surface area (Å²) in [6, 6.07) is 12.2. The standard InChI is InChI=1S/C16H13ClFN5/c17-12-7-9(5-6-13(12)18)15-11(8-21-23-16(19)20)10-3-1-2-4-14(10)22-15/h1-8,22H,(H4,19,20,23)/b21-8+. The second-order valence-electron chi connectivity index (χ2n) is 4.86. The Hall–Kier alpha value is -2.86. The van der Waals surface area contributed by atoms with Crippen molar-refractivity contribution in [1.82, 2.24) is 4.98 Å². The maximum atomic E-state index is 13.4. The smallest absolute Gasteiger partial charge is 0.211 e. The Labute approximate surface area is 136 Å². The number of nitrogens with two attached hydrogens (primary N) is 2. The van der Waals surface area contributed by atoms with E-state index in [0.29, 0.717) is 0 Å². The average molecular weight is 330 g/mol. The average Bonchev–Trinajstić information content (AvgIpc) is 2.89. The maximum absolute atomic E-state index is 13.4. The van der Waals surface area contributed by atoms with Crippen LogP contribution in [0, 0.1) is 5.82 Å². The second-order valence-corrected chi connectivity index (χ2v) is 5.26. The van der Waals surface area contributed by atoms with Crippen LogP contribution < -0.4 is 11.5 Å². The van der Waals surface area contributed by atoms with Crippen LogP contribution in [0.3, 0.4) is 0 Å². The fraction of sp³-hybridized carbons (Fsp3) is 0. The molecular formula is C16H13ClFN5. The summed E-state index contributed by atoms with van der Waals surface area (Å²) in [7, 11) is 0. The third kappa shape index (κ3) is 3.02. The van der Waals surface area contributed by atoms with Crippen molar-refractivity contribution < 1.29 is 4.39 Å². The molecular weight excluding hydrogens is 317 g/mol. The van der Waals surface area contributed by atoms with Crippen LogP contribution in [0.25, 0.3) is 22.2 Å². The highest BCUT2D eigenvalue weighted by atomic mass is 35.5. The van der Waals surface area contributed by atoms with Crippen LogP contribution in [0.2, 0.25) is 5.02 Å². The Bertz CT molecular complexity index is 925. The zero-order valence-corrected chi connectivity index (χ0v) is 12.7. The number of benzene rings is 2. The molecule has 23 heavy (non-hydrogen) atoms. The van der Waals surface area contributed by atoms with Crippen molar-refractivity contribution in [2.45, 2.75) is 0 Å². The molecule has 0 aliphatic heterocycles. The topological polar surface area (TPSA) is 92.6 Å². The van der Waals surface area contributed by atoms with Crippen LogP contribution in [0.1, 0.15) is 5.56 Å². The van der Waals surface area contributed by atoms with Gasteiger partial charge in [0.25, 0.3) is 0 Å². The van der Waals surface area contributed by atoms with E-state index in [-0.39, 0.29) is 11.0 Å². The predicted molar refractivity (Wildman–Crippen MR) is 92.1 cm³/mol. The number of guanidine groups is 1. The molecule has 5 nitrogen and oxygen atoms in total. The first-order valence-corrected chi connectivity index (χ1v) is 7.12. The van der Waals surface area contributed by atoms with Crippen LogP contribution in [-0.2, 0) is 0 Å². The van der Waals surface area contributed by atoms with Gasteiger partial charge >= 0.3 is 0 Å². The molecule has 3 aromatic rings. The lowest BCUT2D eigenvalue weighted by atomic mass is 10.1. The van der Waals surface area contributed by atoms with Crippen molar-refractivity contribution >= 4 is 34.7 Å². The predicted octanol–water partition coefficient (Wildman–Crippen LogP) is 3.23. The van der Waals surface area contributed by atoms with Gasteiger partial charge in [-0.2, -0.15) is 5.10 Å². The number of aromatic nitrogens is 1. The van der Waals surface area contributed by atoms with E-state index in [9.17, 15) is 4.39 Å². The minimum Gasteiger partial charge on any atom is -0.369 e. The molecule has 0 saturated carbocycles. The lowest BCUT2D eigenvalue weighted by Crippen LogP contribution is -2.21. The van der Waals surface area contributed by atoms with E-state index in [2.05, 4.69) is 15.2 Å². The van der Waals surface area contributed by atoms with E-state index in [1.54, 1.807) is 18.3 Å². The van der Waals surface area contributed by atoms with Gasteiger partial charge in [0.05, 0.1) is 16.9 Å². The summed E-state index contributed by atoms with van der Waals surface area (Å²) in [5.74, 6) is -0.602. The van der Waals surface area contributed by atoms with Gasteiger partial charge in [-0.05, 0) is 24.3 Å². The normalized spacial score (nSPS) is 11.2. The van der Waals surface area contributed by atoms with Gasteiger partial charge in [-0.1, -0.05) is 29.8 Å². The molecule has 7 heteroatoms. The van der Waals surface area contributed by atoms with Crippen LogP contribution in [0.15, 0.2) is 52.7 Å². The number of H-pyrrole nitrogens is 1. The minimum absolute atomic E-state index is 0.0493. The number of hydrogen-bond donors (Lipinski definition) is 3. The number of para-hydroxylation sites is 1. The number of rotatable bonds is 3. The third-order valence-electron chi connectivity index (χ3n) is 3.31. The highest BCUT2D eigenvalue weighted by Gasteiger charge is 2.13. The number of aromatic amines is 1. The second kappa shape index (κ2) is 6.10. The van der Waals surface area contributed by atoms with Gasteiger partial charge in [0.1, 0.15) is 5.82 Å². The van der Waals surface area contributed by atoms with Crippen molar-refractivity contribution in [1.29, 1.82) is 0 Å². The molecule has 1 heterocycles. The van der Waals surface area contributed by atoms with Crippen LogP contribution in [-0.4, -0.2) is 17.2 Å². The van der Waals surface area contributed by atoms with Crippen molar-refractivity contribution in [2.24, 2.45) is 21.7 Å². The molecule has 0 saturated heterocycles. The van der Waals surface area contributed by atoms with Gasteiger partial charge in [0, 0.05) is 22.0 Å². The number of nitrogens with zero attached hydrogens (tertiary/aromatic N) is 2. The summed E-state index contributed by atoms with van der Waals surface area (Å²) in [5, 5.41) is 8.48. The van der Waals surface area contributed by atoms with Gasteiger partial charge in [-0.3, -0.25) is 0 Å². The first kappa shape index (κ1) is 15.1. The van der Waals surface area contributed by atoms with Crippen molar-refractivity contribution in [2.75, 3.05) is 0 Å². The third-order valence-corrected chi connectivity index (χ3v) is 3.60. The zero-order chi connectivity index (χ0) is 16.4. The first-order chi connectivity index (χ1) is 11.1. The van der Waals surface area contributed by atoms with E-state index in [4.69, 9.17) is 23.1 Å². The Balaban J connectivity index is 2.20. The summed E-state index contributed by atoms with van der Waals surface area (Å²) >= 11 is 5.88. The van der Waals surface area contributed by atoms with E-state index in [1.165, 1.54) is 6.07 Å². The molecule has 0 amide bonds. The van der Waals surface area contributed by atoms with Crippen LogP contribution in [0.4, 0.5) is 4.39 Å². The molecule has 0 spiro atoms. The molecule has 1 aromatic heterocycles. The number of hydrogen-bond acceptors (Lipinski definition) is 2. The molecule has 0 radical (unpaired) electrons. The fourth-order valence-electron chi connectivity index (χ4n) is 2.33. The maximum Gasteiger partial charge on any atom is 0.211 e. The highest BCUT2D eigenvalue weighted by molar-refractivity contribution is 6.31. The summed E-state index contributed by atoms with van der Waals surface area (Å²) in [6.07, 6.45) is 1.55. The Morgan fingerprint density at radius 2 is 1.96 bits per heavy atom. The number of halogens is 2. The molecule has 0 aliphatic rings. The molecule has 2 aromatic carbocycles. The molecule has 116 valence electrons. The monoisotopic (exact) mass is 329 g/mol. The molecule has 0 fully saturated rings. The van der Waals surface area contributed by atoms with Gasteiger partial charge in [-0.25, -0.2) is 4.39 Å². The van der Waals surface area contributed by atoms with Crippen molar-refractivity contribution in [3.8, 4) is 11.3 Å². The molecule has 0 bridgehead atoms. The lowest BCUT2D eigenvalue weighted by Gasteiger charge is -2.02. The van der Waals surface area contributed by atoms with Crippen LogP contribution in [0.5, 0.6) is 0 Å². The Kier molecular flexibility index (Phi) is 3.99. The minimum atomic E-state index is -0.470. The highest BCUT2D eigenvalue weighted by Crippen LogP contribution is 2.31. The largest absolute Gasteiger partial charge is 0.369 e. The summed E-state index contributed by atoms with van der Waals surface area (Å²) in [4.78, 5) is 3.28. The SMILES string of the molecule is NC(N)=N/N=C/c1c(-c2ccc(F)c(Cl)c2)[nH]c2ccccc12. The molecule has 5 N–H and O–H groups in total. The number of nitrogens with one attached hydrogen (secondary N) is 1. The first-order valence-electron chi connectivity index (χ1n) is 6.74. The Morgan fingerprint density at radius 1 is 1.17 bits per heavy atom. The molecule has 0 atom stereocenters. The quantitative estimate of drug-likeness (QED) is 0.391. The zero-order valence-electron chi connectivity index (χ0n) is 11.9. The summed E-state index contributed by atoms with van der Waals surface area (Å²) in [5.41, 5.74) is 13.7. The van der Waals surface area contributed by atoms with Gasteiger partial charge < -0.3 is 16.5 Å². The van der Waals surface area contributed by atoms with E-state index < -0.39 is 5.82 Å². The summed E-state index contributed by atoms with van der Waals surface area (Å²) in [6.45, 7) is 0. The Morgan fingerprint density at radius 3 is 2.70 bits per heavy atom. The number of fused-ring (bicyclic) bond motifs is 1. The lowest BCUT2D eigenvalue weighted by molar-refractivity contribution is 0.628. The van der Waals surface area contributed by atoms with Gasteiger partial charge in [0.2, 0.25) is 5.96 Å². The van der Waals surface area contributed by atoms with Gasteiger partial charge in [0.15, 0.2) is 0 Å². The van der Waals surface area contributed by atoms with Crippen molar-refractivity contribution in [3.05, 3.63) is 58.9 Å². The molecule has 0 unspecified atom stereocenters. The van der Waals surface area contributed by atoms with Gasteiger partial charge in [-0.15, -0.1) is 5.10 Å². The van der Waals surface area contributed by atoms with E-state index in [0.717, 1.165) is 27.7 Å². The molecule has 3 rings (SSSR count). The van der Waals surface area contributed by atoms with E-state index >= 15 is 0 Å². The van der Waals surface area contributed by atoms with Crippen molar-refractivity contribution in [3.63, 3.8) is 0 Å². The molecule has 0 aliphatic carbocycles. The van der Waals surface area contributed by atoms with Crippen LogP contribution >= 0.6 is 11.6 Å². The van der Waals surface area contributed by atoms with E-state index in [1.807, 2.05) is 24.3 Å². The fourth-order valence-corrected chi connectivity index (χ4v) is 2.51.